The minimum atomic E-state index is -0.297. The monoisotopic (exact) mass is 239 g/mol. The molecule has 2 aromatic heterocycles. The van der Waals surface area contributed by atoms with E-state index in [0.29, 0.717) is 17.7 Å². The van der Waals surface area contributed by atoms with Crippen molar-refractivity contribution in [3.8, 4) is 0 Å². The summed E-state index contributed by atoms with van der Waals surface area (Å²) in [4.78, 5) is 21.6. The van der Waals surface area contributed by atoms with Gasteiger partial charge in [-0.2, -0.15) is 4.98 Å². The lowest BCUT2D eigenvalue weighted by Crippen LogP contribution is -2.12. The fraction of sp³-hybridized carbons (Fsp3) is 0.545. The third-order valence-electron chi connectivity index (χ3n) is 1.83. The van der Waals surface area contributed by atoms with Crippen molar-refractivity contribution < 1.29 is 0 Å². The number of hydrogen-bond donors (Lipinski definition) is 2. The molecule has 2 heterocycles. The summed E-state index contributed by atoms with van der Waals surface area (Å²) in [6.45, 7) is 10.7. The third kappa shape index (κ3) is 3.30. The van der Waals surface area contributed by atoms with Crippen LogP contribution in [0.3, 0.4) is 0 Å². The zero-order valence-corrected chi connectivity index (χ0v) is 11.1. The molecule has 0 bridgehead atoms. The normalized spacial score (nSPS) is 9.00. The highest BCUT2D eigenvalue weighted by molar-refractivity contribution is 5.70. The van der Waals surface area contributed by atoms with Crippen LogP contribution in [0.1, 0.15) is 34.6 Å². The molecule has 6 nitrogen and oxygen atoms in total. The second-order valence-electron chi connectivity index (χ2n) is 2.65. The van der Waals surface area contributed by atoms with Gasteiger partial charge in [-0.05, 0) is 6.92 Å². The largest absolute Gasteiger partial charge is 0.369 e. The Morgan fingerprint density at radius 1 is 1.35 bits per heavy atom. The number of aromatic nitrogens is 4. The van der Waals surface area contributed by atoms with Crippen LogP contribution in [0.25, 0.3) is 11.2 Å². The summed E-state index contributed by atoms with van der Waals surface area (Å²) >= 11 is 0. The fourth-order valence-electron chi connectivity index (χ4n) is 1.20. The SMILES string of the molecule is CC.CC.CCn1cnc2c(=O)[nH]c(N)nc21. The van der Waals surface area contributed by atoms with Gasteiger partial charge >= 0.3 is 0 Å². The van der Waals surface area contributed by atoms with E-state index in [9.17, 15) is 4.79 Å². The Morgan fingerprint density at radius 2 is 1.94 bits per heavy atom. The molecule has 6 heteroatoms. The van der Waals surface area contributed by atoms with Crippen LogP contribution in [0.2, 0.25) is 0 Å². The summed E-state index contributed by atoms with van der Waals surface area (Å²) in [5.41, 5.74) is 5.96. The number of rotatable bonds is 1. The van der Waals surface area contributed by atoms with Gasteiger partial charge in [0.1, 0.15) is 0 Å². The second kappa shape index (κ2) is 7.43. The maximum Gasteiger partial charge on any atom is 0.280 e. The summed E-state index contributed by atoms with van der Waals surface area (Å²) in [5.74, 6) is 0.118. The zero-order valence-electron chi connectivity index (χ0n) is 11.1. The highest BCUT2D eigenvalue weighted by atomic mass is 16.1. The number of imidazole rings is 1. The number of aryl methyl sites for hydroxylation is 1. The molecule has 2 rings (SSSR count). The number of hydrogen-bond acceptors (Lipinski definition) is 4. The number of nitrogens with one attached hydrogen (secondary N) is 1. The first kappa shape index (κ1) is 15.2. The van der Waals surface area contributed by atoms with Crippen LogP contribution in [0, 0.1) is 0 Å². The van der Waals surface area contributed by atoms with E-state index in [0.717, 1.165) is 0 Å². The topological polar surface area (TPSA) is 89.6 Å². The third-order valence-corrected chi connectivity index (χ3v) is 1.83. The van der Waals surface area contributed by atoms with E-state index in [1.54, 1.807) is 10.9 Å². The molecule has 0 atom stereocenters. The van der Waals surface area contributed by atoms with Crippen LogP contribution in [0.5, 0.6) is 0 Å². The molecule has 0 radical (unpaired) electrons. The average Bonchev–Trinajstić information content (AvgIpc) is 2.77. The van der Waals surface area contributed by atoms with Crippen molar-refractivity contribution in [1.82, 2.24) is 19.5 Å². The van der Waals surface area contributed by atoms with Gasteiger partial charge in [0.25, 0.3) is 5.56 Å². The molecule has 96 valence electrons. The van der Waals surface area contributed by atoms with Gasteiger partial charge in [0.15, 0.2) is 11.2 Å². The average molecular weight is 239 g/mol. The zero-order chi connectivity index (χ0) is 13.4. The summed E-state index contributed by atoms with van der Waals surface area (Å²) in [6.07, 6.45) is 1.58. The lowest BCUT2D eigenvalue weighted by atomic mass is 10.5. The molecule has 0 saturated carbocycles. The molecule has 2 aromatic rings. The highest BCUT2D eigenvalue weighted by Gasteiger charge is 2.06. The molecule has 0 fully saturated rings. The summed E-state index contributed by atoms with van der Waals surface area (Å²) in [7, 11) is 0. The Labute approximate surface area is 101 Å². The standard InChI is InChI=1S/C7H9N5O.2C2H6/c1-2-12-3-9-4-5(12)10-7(8)11-6(4)13;2*1-2/h3H,2H2,1H3,(H3,8,10,11,13);2*1-2H3. The van der Waals surface area contributed by atoms with Gasteiger partial charge in [-0.1, -0.05) is 27.7 Å². The minimum absolute atomic E-state index is 0.118. The fourth-order valence-corrected chi connectivity index (χ4v) is 1.20. The van der Waals surface area contributed by atoms with E-state index in [1.807, 2.05) is 34.6 Å². The van der Waals surface area contributed by atoms with E-state index >= 15 is 0 Å². The van der Waals surface area contributed by atoms with Crippen LogP contribution < -0.4 is 11.3 Å². The van der Waals surface area contributed by atoms with Gasteiger partial charge in [0, 0.05) is 6.54 Å². The van der Waals surface area contributed by atoms with Gasteiger partial charge in [0.05, 0.1) is 6.33 Å². The summed E-state index contributed by atoms with van der Waals surface area (Å²) in [6, 6.07) is 0. The summed E-state index contributed by atoms with van der Waals surface area (Å²) in [5, 5.41) is 0. The molecule has 0 unspecified atom stereocenters. The van der Waals surface area contributed by atoms with Crippen LogP contribution in [-0.2, 0) is 6.54 Å². The van der Waals surface area contributed by atoms with E-state index in [2.05, 4.69) is 15.0 Å². The number of H-pyrrole nitrogens is 1. The molecule has 17 heavy (non-hydrogen) atoms. The molecule has 0 aliphatic carbocycles. The van der Waals surface area contributed by atoms with Crippen molar-refractivity contribution in [3.63, 3.8) is 0 Å². The maximum absolute atomic E-state index is 11.3. The Bertz CT molecular complexity index is 500. The Balaban J connectivity index is 0.000000581. The van der Waals surface area contributed by atoms with Crippen LogP contribution in [0.4, 0.5) is 5.95 Å². The van der Waals surface area contributed by atoms with E-state index in [4.69, 9.17) is 5.73 Å². The second-order valence-corrected chi connectivity index (χ2v) is 2.65. The number of nitrogens with zero attached hydrogens (tertiary/aromatic N) is 3. The number of nitrogens with two attached hydrogens (primary N) is 1. The Kier molecular flexibility index (Phi) is 6.62. The van der Waals surface area contributed by atoms with Crippen LogP contribution >= 0.6 is 0 Å². The van der Waals surface area contributed by atoms with Crippen molar-refractivity contribution in [2.75, 3.05) is 5.73 Å². The number of aromatic amines is 1. The van der Waals surface area contributed by atoms with Gasteiger partial charge in [-0.25, -0.2) is 4.98 Å². The minimum Gasteiger partial charge on any atom is -0.369 e. The van der Waals surface area contributed by atoms with E-state index in [1.165, 1.54) is 0 Å². The molecule has 0 saturated heterocycles. The molecule has 0 aromatic carbocycles. The first-order chi connectivity index (χ1) is 8.22. The number of nitrogen functional groups attached to an aromatic ring is 1. The summed E-state index contributed by atoms with van der Waals surface area (Å²) < 4.78 is 1.76. The lowest BCUT2D eigenvalue weighted by molar-refractivity contribution is 0.777. The number of fused-ring (bicyclic) bond motifs is 1. The number of anilines is 1. The first-order valence-corrected chi connectivity index (χ1v) is 5.93. The predicted octanol–water partition coefficient (Wildman–Crippen LogP) is 1.77. The lowest BCUT2D eigenvalue weighted by Gasteiger charge is -1.97. The smallest absolute Gasteiger partial charge is 0.280 e. The van der Waals surface area contributed by atoms with E-state index in [-0.39, 0.29) is 11.5 Å². The van der Waals surface area contributed by atoms with Crippen molar-refractivity contribution in [3.05, 3.63) is 16.7 Å². The first-order valence-electron chi connectivity index (χ1n) is 5.93. The van der Waals surface area contributed by atoms with Crippen molar-refractivity contribution in [2.45, 2.75) is 41.2 Å². The van der Waals surface area contributed by atoms with Gasteiger partial charge in [-0.15, -0.1) is 0 Å². The van der Waals surface area contributed by atoms with Crippen molar-refractivity contribution >= 4 is 17.1 Å². The van der Waals surface area contributed by atoms with Gasteiger partial charge in [0.2, 0.25) is 5.95 Å². The molecule has 0 amide bonds. The molecule has 0 spiro atoms. The molecule has 3 N–H and O–H groups in total. The quantitative estimate of drug-likeness (QED) is 0.793. The Hall–Kier alpha value is -1.85. The van der Waals surface area contributed by atoms with Crippen molar-refractivity contribution in [1.29, 1.82) is 0 Å². The predicted molar refractivity (Wildman–Crippen MR) is 70.9 cm³/mol. The Morgan fingerprint density at radius 3 is 2.47 bits per heavy atom. The van der Waals surface area contributed by atoms with Crippen LogP contribution in [0.15, 0.2) is 11.1 Å². The van der Waals surface area contributed by atoms with Gasteiger partial charge < -0.3 is 10.3 Å². The highest BCUT2D eigenvalue weighted by Crippen LogP contribution is 2.05. The van der Waals surface area contributed by atoms with Crippen LogP contribution in [-0.4, -0.2) is 19.5 Å². The van der Waals surface area contributed by atoms with Gasteiger partial charge in [-0.3, -0.25) is 9.78 Å². The molecular weight excluding hydrogens is 218 g/mol. The molecule has 0 aliphatic rings. The molecule has 0 aliphatic heterocycles. The van der Waals surface area contributed by atoms with E-state index < -0.39 is 0 Å². The van der Waals surface area contributed by atoms with Crippen molar-refractivity contribution in [2.24, 2.45) is 0 Å². The molecular formula is C11H21N5O. The maximum atomic E-state index is 11.3.